The molecule has 5 heteroatoms. The van der Waals surface area contributed by atoms with Crippen molar-refractivity contribution in [2.24, 2.45) is 23.7 Å². The van der Waals surface area contributed by atoms with Crippen LogP contribution in [0.15, 0.2) is 24.3 Å². The van der Waals surface area contributed by atoms with Crippen molar-refractivity contribution < 1.29 is 19.5 Å². The van der Waals surface area contributed by atoms with Gasteiger partial charge in [0.05, 0.1) is 11.8 Å². The molecule has 1 saturated heterocycles. The van der Waals surface area contributed by atoms with Gasteiger partial charge < -0.3 is 10.0 Å². The fourth-order valence-corrected chi connectivity index (χ4v) is 3.85. The summed E-state index contributed by atoms with van der Waals surface area (Å²) in [5.41, 5.74) is 1.99. The number of hydrogen-bond acceptors (Lipinski definition) is 3. The lowest BCUT2D eigenvalue weighted by atomic mass is 9.88. The van der Waals surface area contributed by atoms with Crippen molar-refractivity contribution in [3.8, 4) is 0 Å². The Morgan fingerprint density at radius 2 is 1.69 bits per heavy atom. The van der Waals surface area contributed by atoms with Crippen LogP contribution in [0, 0.1) is 23.7 Å². The van der Waals surface area contributed by atoms with Crippen LogP contribution < -0.4 is 0 Å². The van der Waals surface area contributed by atoms with E-state index in [-0.39, 0.29) is 23.5 Å². The number of ketones is 1. The molecule has 1 aromatic carbocycles. The van der Waals surface area contributed by atoms with Crippen LogP contribution in [-0.4, -0.2) is 40.8 Å². The molecule has 5 nitrogen and oxygen atoms in total. The Kier molecular flexibility index (Phi) is 5.44. The van der Waals surface area contributed by atoms with E-state index in [0.717, 1.165) is 12.0 Å². The maximum absolute atomic E-state index is 12.7. The second-order valence-corrected chi connectivity index (χ2v) is 8.05. The molecule has 0 aromatic heterocycles. The Morgan fingerprint density at radius 1 is 1.08 bits per heavy atom. The topological polar surface area (TPSA) is 74.7 Å². The number of carbonyl (C=O) groups excluding carboxylic acids is 2. The zero-order valence-corrected chi connectivity index (χ0v) is 15.5. The van der Waals surface area contributed by atoms with E-state index >= 15 is 0 Å². The molecule has 1 saturated carbocycles. The van der Waals surface area contributed by atoms with Gasteiger partial charge in [0.15, 0.2) is 5.78 Å². The molecule has 140 valence electrons. The largest absolute Gasteiger partial charge is 0.481 e. The first kappa shape index (κ1) is 18.6. The molecule has 2 unspecified atom stereocenters. The molecule has 1 aliphatic heterocycles. The molecule has 3 rings (SSSR count). The summed E-state index contributed by atoms with van der Waals surface area (Å²) < 4.78 is 0. The summed E-state index contributed by atoms with van der Waals surface area (Å²) in [5, 5.41) is 8.96. The highest BCUT2D eigenvalue weighted by atomic mass is 16.4. The fraction of sp³-hybridized carbons (Fsp3) is 0.571. The van der Waals surface area contributed by atoms with Crippen molar-refractivity contribution >= 4 is 17.7 Å². The van der Waals surface area contributed by atoms with Gasteiger partial charge in [0.1, 0.15) is 0 Å². The number of aliphatic carboxylic acids is 1. The lowest BCUT2D eigenvalue weighted by Gasteiger charge is -2.31. The highest BCUT2D eigenvalue weighted by molar-refractivity contribution is 5.98. The average Bonchev–Trinajstić information content (AvgIpc) is 3.42. The van der Waals surface area contributed by atoms with E-state index in [1.54, 1.807) is 4.90 Å². The van der Waals surface area contributed by atoms with Gasteiger partial charge in [-0.1, -0.05) is 38.1 Å². The zero-order chi connectivity index (χ0) is 18.8. The standard InChI is InChI=1S/C21H27NO4/c1-13(2)11-14-3-5-15(6-4-14)19(23)16-7-9-22(10-8-16)20(24)17-12-18(17)21(25)26/h3-6,13,16-18H,7-12H2,1-2H3,(H,25,26). The molecule has 0 spiro atoms. The van der Waals surface area contributed by atoms with Crippen LogP contribution in [0.2, 0.25) is 0 Å². The van der Waals surface area contributed by atoms with Gasteiger partial charge >= 0.3 is 5.97 Å². The zero-order valence-electron chi connectivity index (χ0n) is 15.5. The third kappa shape index (κ3) is 4.14. The lowest BCUT2D eigenvalue weighted by molar-refractivity contribution is -0.142. The molecule has 1 amide bonds. The third-order valence-corrected chi connectivity index (χ3v) is 5.48. The first-order valence-corrected chi connectivity index (χ1v) is 9.51. The molecule has 26 heavy (non-hydrogen) atoms. The molecule has 2 aliphatic rings. The first-order chi connectivity index (χ1) is 12.4. The van der Waals surface area contributed by atoms with Crippen LogP contribution in [0.4, 0.5) is 0 Å². The fourth-order valence-electron chi connectivity index (χ4n) is 3.85. The number of rotatable bonds is 6. The van der Waals surface area contributed by atoms with E-state index < -0.39 is 11.9 Å². The van der Waals surface area contributed by atoms with Crippen molar-refractivity contribution in [1.82, 2.24) is 4.90 Å². The number of hydrogen-bond donors (Lipinski definition) is 1. The predicted octanol–water partition coefficient (Wildman–Crippen LogP) is 3.03. The van der Waals surface area contributed by atoms with Gasteiger partial charge in [0.25, 0.3) is 0 Å². The van der Waals surface area contributed by atoms with Crippen molar-refractivity contribution in [2.75, 3.05) is 13.1 Å². The number of Topliss-reactive ketones (excluding diaryl/α,β-unsaturated/α-hetero) is 1. The number of benzene rings is 1. The van der Waals surface area contributed by atoms with Gasteiger partial charge in [0.2, 0.25) is 5.91 Å². The SMILES string of the molecule is CC(C)Cc1ccc(C(=O)C2CCN(C(=O)C3CC3C(=O)O)CC2)cc1. The number of carboxylic acids is 1. The third-order valence-electron chi connectivity index (χ3n) is 5.48. The van der Waals surface area contributed by atoms with Gasteiger partial charge in [-0.3, -0.25) is 14.4 Å². The van der Waals surface area contributed by atoms with E-state index in [0.29, 0.717) is 38.3 Å². The minimum absolute atomic E-state index is 0.0514. The summed E-state index contributed by atoms with van der Waals surface area (Å²) in [5.74, 6) is -1.10. The molecule has 1 aliphatic carbocycles. The lowest BCUT2D eigenvalue weighted by Crippen LogP contribution is -2.41. The second-order valence-electron chi connectivity index (χ2n) is 8.05. The first-order valence-electron chi connectivity index (χ1n) is 9.51. The normalized spacial score (nSPS) is 23.1. The Morgan fingerprint density at radius 3 is 2.19 bits per heavy atom. The minimum Gasteiger partial charge on any atom is -0.481 e. The summed E-state index contributed by atoms with van der Waals surface area (Å²) in [6.07, 6.45) is 2.77. The summed E-state index contributed by atoms with van der Waals surface area (Å²) in [7, 11) is 0. The van der Waals surface area contributed by atoms with Crippen LogP contribution >= 0.6 is 0 Å². The molecule has 1 heterocycles. The van der Waals surface area contributed by atoms with E-state index in [1.807, 2.05) is 24.3 Å². The summed E-state index contributed by atoms with van der Waals surface area (Å²) >= 11 is 0. The van der Waals surface area contributed by atoms with Gasteiger partial charge in [-0.15, -0.1) is 0 Å². The number of likely N-dealkylation sites (tertiary alicyclic amines) is 1. The van der Waals surface area contributed by atoms with Gasteiger partial charge in [0, 0.05) is 24.6 Å². The number of nitrogens with zero attached hydrogens (tertiary/aromatic N) is 1. The Labute approximate surface area is 154 Å². The summed E-state index contributed by atoms with van der Waals surface area (Å²) in [6, 6.07) is 7.90. The van der Waals surface area contributed by atoms with Gasteiger partial charge in [-0.2, -0.15) is 0 Å². The Hall–Kier alpha value is -2.17. The van der Waals surface area contributed by atoms with Crippen molar-refractivity contribution in [3.63, 3.8) is 0 Å². The molecular weight excluding hydrogens is 330 g/mol. The van der Waals surface area contributed by atoms with Gasteiger partial charge in [-0.25, -0.2) is 0 Å². The average molecular weight is 357 g/mol. The molecule has 2 fully saturated rings. The van der Waals surface area contributed by atoms with Crippen LogP contribution in [0.1, 0.15) is 49.0 Å². The highest BCUT2D eigenvalue weighted by Gasteiger charge is 2.50. The van der Waals surface area contributed by atoms with E-state index in [9.17, 15) is 14.4 Å². The van der Waals surface area contributed by atoms with E-state index in [4.69, 9.17) is 5.11 Å². The maximum atomic E-state index is 12.7. The number of piperidine rings is 1. The molecule has 0 bridgehead atoms. The quantitative estimate of drug-likeness (QED) is 0.794. The monoisotopic (exact) mass is 357 g/mol. The molecule has 0 radical (unpaired) electrons. The molecule has 1 N–H and O–H groups in total. The molecule has 1 aromatic rings. The van der Waals surface area contributed by atoms with Crippen LogP contribution in [0.5, 0.6) is 0 Å². The van der Waals surface area contributed by atoms with Crippen molar-refractivity contribution in [1.29, 1.82) is 0 Å². The Bertz CT molecular complexity index is 686. The Balaban J connectivity index is 1.52. The molecular formula is C21H27NO4. The maximum Gasteiger partial charge on any atom is 0.307 e. The van der Waals surface area contributed by atoms with Crippen molar-refractivity contribution in [2.45, 2.75) is 39.5 Å². The molecule has 2 atom stereocenters. The smallest absolute Gasteiger partial charge is 0.307 e. The number of amides is 1. The predicted molar refractivity (Wildman–Crippen MR) is 97.9 cm³/mol. The van der Waals surface area contributed by atoms with E-state index in [2.05, 4.69) is 13.8 Å². The van der Waals surface area contributed by atoms with Gasteiger partial charge in [-0.05, 0) is 37.2 Å². The minimum atomic E-state index is -0.880. The van der Waals surface area contributed by atoms with Crippen LogP contribution in [-0.2, 0) is 16.0 Å². The number of carboxylic acid groups (broad SMARTS) is 1. The van der Waals surface area contributed by atoms with Crippen LogP contribution in [0.25, 0.3) is 0 Å². The van der Waals surface area contributed by atoms with E-state index in [1.165, 1.54) is 5.56 Å². The second kappa shape index (κ2) is 7.60. The summed E-state index contributed by atoms with van der Waals surface area (Å²) in [4.78, 5) is 37.7. The summed E-state index contributed by atoms with van der Waals surface area (Å²) in [6.45, 7) is 5.44. The van der Waals surface area contributed by atoms with Crippen LogP contribution in [0.3, 0.4) is 0 Å². The number of carbonyl (C=O) groups is 3. The van der Waals surface area contributed by atoms with Crippen molar-refractivity contribution in [3.05, 3.63) is 35.4 Å². The highest BCUT2D eigenvalue weighted by Crippen LogP contribution is 2.40.